The first-order chi connectivity index (χ1) is 11.2. The van der Waals surface area contributed by atoms with Gasteiger partial charge >= 0.3 is 5.97 Å². The third-order valence-corrected chi connectivity index (χ3v) is 5.24. The predicted molar refractivity (Wildman–Crippen MR) is 85.2 cm³/mol. The van der Waals surface area contributed by atoms with Gasteiger partial charge in [-0.05, 0) is 32.0 Å². The minimum atomic E-state index is -3.75. The summed E-state index contributed by atoms with van der Waals surface area (Å²) >= 11 is 0. The van der Waals surface area contributed by atoms with E-state index in [0.717, 1.165) is 0 Å². The number of ether oxygens (including phenoxy) is 1. The summed E-state index contributed by atoms with van der Waals surface area (Å²) in [4.78, 5) is 23.7. The summed E-state index contributed by atoms with van der Waals surface area (Å²) in [6, 6.07) is 5.15. The van der Waals surface area contributed by atoms with Gasteiger partial charge in [0.25, 0.3) is 5.91 Å². The average molecular weight is 356 g/mol. The molecule has 0 aliphatic carbocycles. The van der Waals surface area contributed by atoms with Crippen molar-refractivity contribution in [2.24, 2.45) is 0 Å². The Labute approximate surface area is 140 Å². The first-order valence-corrected chi connectivity index (χ1v) is 8.91. The Hall–Kier alpha value is -1.97. The van der Waals surface area contributed by atoms with Gasteiger partial charge in [0.05, 0.1) is 11.5 Å². The largest absolute Gasteiger partial charge is 0.479 e. The first kappa shape index (κ1) is 18.4. The number of carboxylic acid groups (broad SMARTS) is 1. The van der Waals surface area contributed by atoms with Crippen LogP contribution >= 0.6 is 0 Å². The molecule has 1 aromatic carbocycles. The van der Waals surface area contributed by atoms with Gasteiger partial charge in [-0.2, -0.15) is 0 Å². The molecule has 1 aromatic rings. The molecule has 132 valence electrons. The van der Waals surface area contributed by atoms with Crippen molar-refractivity contribution in [2.45, 2.75) is 36.7 Å². The fourth-order valence-electron chi connectivity index (χ4n) is 2.36. The summed E-state index contributed by atoms with van der Waals surface area (Å²) in [7, 11) is -3.75. The Morgan fingerprint density at radius 3 is 2.58 bits per heavy atom. The van der Waals surface area contributed by atoms with Crippen LogP contribution in [-0.4, -0.2) is 50.2 Å². The Morgan fingerprint density at radius 2 is 2.04 bits per heavy atom. The molecule has 1 aliphatic heterocycles. The topological polar surface area (TPSA) is 122 Å². The van der Waals surface area contributed by atoms with Gasteiger partial charge in [-0.1, -0.05) is 6.07 Å². The van der Waals surface area contributed by atoms with Crippen LogP contribution in [0.2, 0.25) is 0 Å². The van der Waals surface area contributed by atoms with Crippen LogP contribution in [0.1, 0.15) is 30.6 Å². The van der Waals surface area contributed by atoms with Crippen LogP contribution in [0.15, 0.2) is 29.2 Å². The van der Waals surface area contributed by atoms with Crippen LogP contribution in [0, 0.1) is 0 Å². The zero-order valence-corrected chi connectivity index (χ0v) is 14.2. The Morgan fingerprint density at radius 1 is 1.33 bits per heavy atom. The van der Waals surface area contributed by atoms with Crippen LogP contribution in [0.4, 0.5) is 0 Å². The molecule has 1 aliphatic rings. The maximum Gasteiger partial charge on any atom is 0.331 e. The molecule has 9 heteroatoms. The number of carbonyl (C=O) groups excluding carboxylic acids is 1. The SMILES string of the molecule is CC(C)NS(=O)(=O)c1cccc(C(=O)NC2(C(=O)O)CCOC2)c1. The van der Waals surface area contributed by atoms with E-state index in [2.05, 4.69) is 10.0 Å². The molecule has 0 aromatic heterocycles. The standard InChI is InChI=1S/C15H20N2O6S/c1-10(2)17-24(21,22)12-5-3-4-11(8-12)13(18)16-15(14(19)20)6-7-23-9-15/h3-5,8,10,17H,6-7,9H2,1-2H3,(H,16,18)(H,19,20). The van der Waals surface area contributed by atoms with E-state index in [9.17, 15) is 23.1 Å². The Kier molecular flexibility index (Phi) is 5.26. The van der Waals surface area contributed by atoms with E-state index < -0.39 is 27.4 Å². The molecule has 0 spiro atoms. The highest BCUT2D eigenvalue weighted by Crippen LogP contribution is 2.20. The second kappa shape index (κ2) is 6.88. The number of benzene rings is 1. The minimum Gasteiger partial charge on any atom is -0.479 e. The molecular formula is C15H20N2O6S. The summed E-state index contributed by atoms with van der Waals surface area (Å²) in [5, 5.41) is 11.8. The molecule has 24 heavy (non-hydrogen) atoms. The number of aliphatic carboxylic acids is 1. The van der Waals surface area contributed by atoms with Crippen LogP contribution in [0.3, 0.4) is 0 Å². The molecule has 0 radical (unpaired) electrons. The van der Waals surface area contributed by atoms with E-state index in [0.29, 0.717) is 0 Å². The quantitative estimate of drug-likeness (QED) is 0.676. The lowest BCUT2D eigenvalue weighted by molar-refractivity contribution is -0.144. The van der Waals surface area contributed by atoms with Crippen LogP contribution < -0.4 is 10.0 Å². The zero-order valence-electron chi connectivity index (χ0n) is 13.4. The smallest absolute Gasteiger partial charge is 0.331 e. The average Bonchev–Trinajstić information content (AvgIpc) is 2.96. The molecule has 1 atom stereocenters. The van der Waals surface area contributed by atoms with Crippen LogP contribution in [-0.2, 0) is 19.6 Å². The monoisotopic (exact) mass is 356 g/mol. The molecule has 1 amide bonds. The number of hydrogen-bond donors (Lipinski definition) is 3. The van der Waals surface area contributed by atoms with E-state index in [4.69, 9.17) is 4.74 Å². The maximum absolute atomic E-state index is 12.4. The van der Waals surface area contributed by atoms with E-state index >= 15 is 0 Å². The molecular weight excluding hydrogens is 336 g/mol. The number of carboxylic acids is 1. The van der Waals surface area contributed by atoms with Crippen molar-refractivity contribution in [1.29, 1.82) is 0 Å². The van der Waals surface area contributed by atoms with Gasteiger partial charge in [-0.3, -0.25) is 4.79 Å². The highest BCUT2D eigenvalue weighted by Gasteiger charge is 2.44. The predicted octanol–water partition coefficient (Wildman–Crippen LogP) is 0.347. The van der Waals surface area contributed by atoms with Crippen molar-refractivity contribution >= 4 is 21.9 Å². The molecule has 0 bridgehead atoms. The molecule has 1 unspecified atom stereocenters. The number of carbonyl (C=O) groups is 2. The molecule has 1 heterocycles. The Balaban J connectivity index is 2.25. The Bertz CT molecular complexity index is 738. The van der Waals surface area contributed by atoms with E-state index in [1.807, 2.05) is 0 Å². The molecule has 3 N–H and O–H groups in total. The normalized spacial score (nSPS) is 21.0. The lowest BCUT2D eigenvalue weighted by atomic mass is 9.98. The molecule has 0 saturated carbocycles. The summed E-state index contributed by atoms with van der Waals surface area (Å²) in [5.74, 6) is -1.84. The highest BCUT2D eigenvalue weighted by atomic mass is 32.2. The van der Waals surface area contributed by atoms with Gasteiger partial charge in [0.2, 0.25) is 10.0 Å². The van der Waals surface area contributed by atoms with E-state index in [-0.39, 0.29) is 36.1 Å². The van der Waals surface area contributed by atoms with Gasteiger partial charge in [0, 0.05) is 24.6 Å². The number of nitrogens with one attached hydrogen (secondary N) is 2. The fraction of sp³-hybridized carbons (Fsp3) is 0.467. The second-order valence-electron chi connectivity index (χ2n) is 5.95. The summed E-state index contributed by atoms with van der Waals surface area (Å²) in [6.45, 7) is 3.48. The number of hydrogen-bond acceptors (Lipinski definition) is 5. The van der Waals surface area contributed by atoms with Crippen molar-refractivity contribution in [3.8, 4) is 0 Å². The number of sulfonamides is 1. The number of rotatable bonds is 6. The molecule has 1 saturated heterocycles. The summed E-state index contributed by atoms with van der Waals surface area (Å²) in [6.07, 6.45) is 0.154. The fourth-order valence-corrected chi connectivity index (χ4v) is 3.65. The lowest BCUT2D eigenvalue weighted by Gasteiger charge is -2.23. The highest BCUT2D eigenvalue weighted by molar-refractivity contribution is 7.89. The summed E-state index contributed by atoms with van der Waals surface area (Å²) in [5.41, 5.74) is -1.42. The van der Waals surface area contributed by atoms with Gasteiger partial charge in [0.1, 0.15) is 0 Å². The maximum atomic E-state index is 12.4. The van der Waals surface area contributed by atoms with Crippen molar-refractivity contribution in [2.75, 3.05) is 13.2 Å². The van der Waals surface area contributed by atoms with E-state index in [1.165, 1.54) is 24.3 Å². The van der Waals surface area contributed by atoms with Gasteiger partial charge in [-0.25, -0.2) is 17.9 Å². The molecule has 1 fully saturated rings. The van der Waals surface area contributed by atoms with Gasteiger partial charge in [-0.15, -0.1) is 0 Å². The van der Waals surface area contributed by atoms with Crippen molar-refractivity contribution < 1.29 is 27.9 Å². The number of amides is 1. The van der Waals surface area contributed by atoms with Crippen molar-refractivity contribution in [3.63, 3.8) is 0 Å². The minimum absolute atomic E-state index is 0.0594. The third-order valence-electron chi connectivity index (χ3n) is 3.58. The first-order valence-electron chi connectivity index (χ1n) is 7.42. The third kappa shape index (κ3) is 3.92. The van der Waals surface area contributed by atoms with Crippen LogP contribution in [0.5, 0.6) is 0 Å². The lowest BCUT2D eigenvalue weighted by Crippen LogP contribution is -2.55. The summed E-state index contributed by atoms with van der Waals surface area (Å²) < 4.78 is 31.9. The van der Waals surface area contributed by atoms with Crippen LogP contribution in [0.25, 0.3) is 0 Å². The molecule has 8 nitrogen and oxygen atoms in total. The van der Waals surface area contributed by atoms with Gasteiger partial charge < -0.3 is 15.2 Å². The molecule has 2 rings (SSSR count). The second-order valence-corrected chi connectivity index (χ2v) is 7.66. The van der Waals surface area contributed by atoms with Crippen molar-refractivity contribution in [1.82, 2.24) is 10.0 Å². The zero-order chi connectivity index (χ0) is 18.0. The van der Waals surface area contributed by atoms with Gasteiger partial charge in [0.15, 0.2) is 5.54 Å². The van der Waals surface area contributed by atoms with E-state index in [1.54, 1.807) is 13.8 Å². The van der Waals surface area contributed by atoms with Crippen molar-refractivity contribution in [3.05, 3.63) is 29.8 Å².